The van der Waals surface area contributed by atoms with E-state index in [0.29, 0.717) is 18.2 Å². The van der Waals surface area contributed by atoms with Crippen LogP contribution in [0, 0.1) is 0 Å². The summed E-state index contributed by atoms with van der Waals surface area (Å²) in [4.78, 5) is 23.5. The van der Waals surface area contributed by atoms with Crippen molar-refractivity contribution in [3.05, 3.63) is 48.1 Å². The molecular weight excluding hydrogens is 409 g/mol. The maximum Gasteiger partial charge on any atom is 0.257 e. The van der Waals surface area contributed by atoms with Gasteiger partial charge < -0.3 is 15.4 Å². The van der Waals surface area contributed by atoms with Crippen LogP contribution >= 0.6 is 23.6 Å². The number of ether oxygens (including phenoxy) is 1. The molecule has 28 heavy (non-hydrogen) atoms. The molecule has 0 radical (unpaired) electrons. The van der Waals surface area contributed by atoms with Gasteiger partial charge in [-0.05, 0) is 12.5 Å². The summed E-state index contributed by atoms with van der Waals surface area (Å²) in [6.45, 7) is 10.1. The van der Waals surface area contributed by atoms with Crippen LogP contribution in [0.5, 0.6) is 0 Å². The second-order valence-corrected chi connectivity index (χ2v) is 6.68. The second kappa shape index (κ2) is 13.4. The molecular formula is C18H25ClFN3O4S. The molecule has 0 aromatic heterocycles. The lowest BCUT2D eigenvalue weighted by Gasteiger charge is -2.10. The Morgan fingerprint density at radius 1 is 1.43 bits per heavy atom. The molecule has 1 rings (SSSR count). The molecule has 7 nitrogen and oxygen atoms in total. The molecule has 1 saturated heterocycles. The van der Waals surface area contributed by atoms with Gasteiger partial charge in [-0.15, -0.1) is 0 Å². The number of nitrogens with zero attached hydrogens (tertiary/aromatic N) is 1. The van der Waals surface area contributed by atoms with Crippen LogP contribution in [-0.4, -0.2) is 48.4 Å². The SMILES string of the molecule is C=C/C(=C\C(F)=C\Cl)OCC(=O)NCCC(=C)NC(=O)CSON1CC1CC. The fourth-order valence-electron chi connectivity index (χ4n) is 1.91. The Labute approximate surface area is 173 Å². The number of carbonyl (C=O) groups is 2. The van der Waals surface area contributed by atoms with E-state index in [1.54, 1.807) is 0 Å². The van der Waals surface area contributed by atoms with Gasteiger partial charge in [-0.1, -0.05) is 31.7 Å². The molecule has 2 amide bonds. The Hall–Kier alpha value is -1.81. The van der Waals surface area contributed by atoms with Crippen molar-refractivity contribution in [3.63, 3.8) is 0 Å². The van der Waals surface area contributed by atoms with Crippen molar-refractivity contribution < 1.29 is 23.0 Å². The van der Waals surface area contributed by atoms with E-state index in [0.717, 1.165) is 36.6 Å². The number of carbonyl (C=O) groups excluding carboxylic acids is 2. The van der Waals surface area contributed by atoms with Gasteiger partial charge >= 0.3 is 0 Å². The zero-order valence-electron chi connectivity index (χ0n) is 15.7. The minimum absolute atomic E-state index is 0.0775. The first-order valence-corrected chi connectivity index (χ1v) is 9.97. The molecule has 1 fully saturated rings. The third-order valence-electron chi connectivity index (χ3n) is 3.49. The van der Waals surface area contributed by atoms with E-state index in [-0.39, 0.29) is 30.6 Å². The van der Waals surface area contributed by atoms with Gasteiger partial charge in [0.2, 0.25) is 5.91 Å². The summed E-state index contributed by atoms with van der Waals surface area (Å²) in [5, 5.41) is 7.06. The summed E-state index contributed by atoms with van der Waals surface area (Å²) in [5.74, 6) is -1.12. The number of amides is 2. The quantitative estimate of drug-likeness (QED) is 0.190. The Kier molecular flexibility index (Phi) is 11.6. The van der Waals surface area contributed by atoms with Crippen LogP contribution in [0.3, 0.4) is 0 Å². The average molecular weight is 434 g/mol. The van der Waals surface area contributed by atoms with Crippen LogP contribution in [0.25, 0.3) is 0 Å². The van der Waals surface area contributed by atoms with Crippen molar-refractivity contribution in [2.75, 3.05) is 25.4 Å². The third-order valence-corrected chi connectivity index (χ3v) is 4.38. The Morgan fingerprint density at radius 3 is 2.79 bits per heavy atom. The molecule has 2 unspecified atom stereocenters. The fraction of sp³-hybridized carbons (Fsp3) is 0.444. The maximum absolute atomic E-state index is 13.0. The van der Waals surface area contributed by atoms with Gasteiger partial charge in [0.15, 0.2) is 6.61 Å². The molecule has 2 N–H and O–H groups in total. The number of hydrogen-bond acceptors (Lipinski definition) is 6. The zero-order chi connectivity index (χ0) is 20.9. The molecule has 0 aliphatic carbocycles. The van der Waals surface area contributed by atoms with Crippen LogP contribution in [0.2, 0.25) is 0 Å². The van der Waals surface area contributed by atoms with E-state index < -0.39 is 11.7 Å². The lowest BCUT2D eigenvalue weighted by Crippen LogP contribution is -2.31. The number of rotatable bonds is 14. The monoisotopic (exact) mass is 433 g/mol. The van der Waals surface area contributed by atoms with Crippen molar-refractivity contribution in [3.8, 4) is 0 Å². The summed E-state index contributed by atoms with van der Waals surface area (Å²) in [6, 6.07) is 0.451. The highest BCUT2D eigenvalue weighted by Crippen LogP contribution is 2.24. The second-order valence-electron chi connectivity index (χ2n) is 5.78. The highest BCUT2D eigenvalue weighted by molar-refractivity contribution is 7.95. The highest BCUT2D eigenvalue weighted by atomic mass is 35.5. The van der Waals surface area contributed by atoms with Gasteiger partial charge in [0, 0.05) is 48.9 Å². The summed E-state index contributed by atoms with van der Waals surface area (Å²) in [7, 11) is 0. The molecule has 0 bridgehead atoms. The number of halogens is 2. The van der Waals surface area contributed by atoms with Gasteiger partial charge in [0.1, 0.15) is 17.3 Å². The lowest BCUT2D eigenvalue weighted by molar-refractivity contribution is -0.124. The standard InChI is InChI=1S/C18H25ClFN3O4S/c1-4-15-10-23(15)27-28-12-18(25)22-13(3)6-7-21-17(24)11-26-16(5-2)8-14(20)9-19/h5,8-9,15H,2-4,6-7,10-12H2,1H3,(H,21,24)(H,22,25)/b14-9-,16-8+. The number of allylic oxidation sites excluding steroid dienone is 3. The van der Waals surface area contributed by atoms with Crippen LogP contribution in [0.4, 0.5) is 4.39 Å². The average Bonchev–Trinajstić information content (AvgIpc) is 3.43. The minimum atomic E-state index is -0.716. The topological polar surface area (TPSA) is 79.7 Å². The van der Waals surface area contributed by atoms with E-state index in [1.807, 2.05) is 5.06 Å². The van der Waals surface area contributed by atoms with Gasteiger partial charge in [-0.2, -0.15) is 5.06 Å². The van der Waals surface area contributed by atoms with Crippen molar-refractivity contribution >= 4 is 35.5 Å². The smallest absolute Gasteiger partial charge is 0.257 e. The van der Waals surface area contributed by atoms with Crippen LogP contribution in [-0.2, 0) is 18.6 Å². The van der Waals surface area contributed by atoms with Crippen LogP contribution in [0.1, 0.15) is 19.8 Å². The van der Waals surface area contributed by atoms with Crippen molar-refractivity contribution in [1.29, 1.82) is 0 Å². The summed E-state index contributed by atoms with van der Waals surface area (Å²) < 4.78 is 23.5. The molecule has 1 aliphatic heterocycles. The van der Waals surface area contributed by atoms with Crippen LogP contribution < -0.4 is 10.6 Å². The molecule has 1 aliphatic rings. The summed E-state index contributed by atoms with van der Waals surface area (Å²) >= 11 is 6.28. The predicted octanol–water partition coefficient (Wildman–Crippen LogP) is 2.93. The number of hydrogen-bond donors (Lipinski definition) is 2. The van der Waals surface area contributed by atoms with Gasteiger partial charge in [-0.25, -0.2) is 8.67 Å². The Morgan fingerprint density at radius 2 is 2.18 bits per heavy atom. The van der Waals surface area contributed by atoms with E-state index in [1.165, 1.54) is 6.08 Å². The van der Waals surface area contributed by atoms with E-state index >= 15 is 0 Å². The van der Waals surface area contributed by atoms with Crippen molar-refractivity contribution in [2.24, 2.45) is 0 Å². The summed E-state index contributed by atoms with van der Waals surface area (Å²) in [5.41, 5.74) is 1.22. The fourth-order valence-corrected chi connectivity index (χ4v) is 2.52. The number of nitrogens with one attached hydrogen (secondary N) is 2. The molecule has 1 heterocycles. The van der Waals surface area contributed by atoms with Crippen LogP contribution in [0.15, 0.2) is 48.1 Å². The first-order chi connectivity index (χ1) is 13.4. The molecule has 2 atom stereocenters. The largest absolute Gasteiger partial charge is 0.484 e. The lowest BCUT2D eigenvalue weighted by atomic mass is 10.3. The molecule has 0 aromatic carbocycles. The Bertz CT molecular complexity index is 642. The summed E-state index contributed by atoms with van der Waals surface area (Å²) in [6.07, 6.45) is 3.65. The molecule has 10 heteroatoms. The molecule has 156 valence electrons. The van der Waals surface area contributed by atoms with Gasteiger partial charge in [0.05, 0.1) is 6.04 Å². The highest BCUT2D eigenvalue weighted by Gasteiger charge is 2.34. The van der Waals surface area contributed by atoms with Crippen molar-refractivity contribution in [2.45, 2.75) is 25.8 Å². The third kappa shape index (κ3) is 10.5. The normalized spacial score (nSPS) is 19.0. The molecule has 0 saturated carbocycles. The van der Waals surface area contributed by atoms with E-state index in [9.17, 15) is 14.0 Å². The van der Waals surface area contributed by atoms with E-state index in [2.05, 4.69) is 30.7 Å². The minimum Gasteiger partial charge on any atom is -0.484 e. The van der Waals surface area contributed by atoms with Gasteiger partial charge in [0.25, 0.3) is 5.91 Å². The van der Waals surface area contributed by atoms with E-state index in [4.69, 9.17) is 20.6 Å². The van der Waals surface area contributed by atoms with Crippen molar-refractivity contribution in [1.82, 2.24) is 15.7 Å². The zero-order valence-corrected chi connectivity index (χ0v) is 17.3. The Balaban J connectivity index is 2.12. The first kappa shape index (κ1) is 24.2. The first-order valence-electron chi connectivity index (χ1n) is 8.62. The molecule has 0 aromatic rings. The van der Waals surface area contributed by atoms with Gasteiger partial charge in [-0.3, -0.25) is 9.59 Å². The molecule has 0 spiro atoms. The number of hydroxylamine groups is 2. The maximum atomic E-state index is 13.0. The predicted molar refractivity (Wildman–Crippen MR) is 109 cm³/mol.